The molecule has 0 aliphatic heterocycles. The Kier molecular flexibility index (Phi) is 4.04. The third-order valence-corrected chi connectivity index (χ3v) is 4.51. The van der Waals surface area contributed by atoms with Gasteiger partial charge in [0.25, 0.3) is 0 Å². The van der Waals surface area contributed by atoms with Crippen LogP contribution in [0.25, 0.3) is 0 Å². The van der Waals surface area contributed by atoms with Crippen molar-refractivity contribution in [1.82, 2.24) is 0 Å². The monoisotopic (exact) mass is 389 g/mol. The van der Waals surface area contributed by atoms with Crippen LogP contribution >= 0.6 is 45.2 Å². The van der Waals surface area contributed by atoms with Crippen molar-refractivity contribution in [3.63, 3.8) is 0 Å². The molecule has 66 valence electrons. The van der Waals surface area contributed by atoms with E-state index in [1.165, 1.54) is 3.57 Å². The molecule has 1 aromatic carbocycles. The van der Waals surface area contributed by atoms with Crippen molar-refractivity contribution in [3.05, 3.63) is 24.8 Å². The average molecular weight is 389 g/mol. The molecule has 2 nitrogen and oxygen atoms in total. The first-order valence-corrected chi connectivity index (χ1v) is 5.56. The van der Waals surface area contributed by atoms with E-state index in [1.54, 1.807) is 7.11 Å². The normalized spacial score (nSPS) is 10.0. The second kappa shape index (κ2) is 4.61. The van der Waals surface area contributed by atoms with Crippen molar-refractivity contribution in [1.29, 1.82) is 0 Å². The zero-order valence-corrected chi connectivity index (χ0v) is 10.9. The highest BCUT2D eigenvalue weighted by Crippen LogP contribution is 2.27. The number of hydrogen-bond acceptors (Lipinski definition) is 2. The molecule has 12 heavy (non-hydrogen) atoms. The van der Waals surface area contributed by atoms with E-state index in [0.717, 1.165) is 14.9 Å². The first-order valence-electron chi connectivity index (χ1n) is 3.41. The van der Waals surface area contributed by atoms with Crippen LogP contribution < -0.4 is 10.5 Å². The third-order valence-electron chi connectivity index (χ3n) is 1.51. The number of benzene rings is 1. The molecule has 0 atom stereocenters. The molecule has 1 aromatic rings. The molecule has 0 aromatic heterocycles. The lowest BCUT2D eigenvalue weighted by atomic mass is 10.2. The van der Waals surface area contributed by atoms with Crippen LogP contribution in [0.2, 0.25) is 0 Å². The Morgan fingerprint density at radius 3 is 2.58 bits per heavy atom. The highest BCUT2D eigenvalue weighted by molar-refractivity contribution is 14.1. The fourth-order valence-corrected chi connectivity index (χ4v) is 2.08. The van der Waals surface area contributed by atoms with Gasteiger partial charge in [0.05, 0.1) is 10.7 Å². The van der Waals surface area contributed by atoms with E-state index in [0.29, 0.717) is 6.54 Å². The summed E-state index contributed by atoms with van der Waals surface area (Å²) in [5, 5.41) is 0. The molecule has 2 N–H and O–H groups in total. The first-order chi connectivity index (χ1) is 5.69. The van der Waals surface area contributed by atoms with Gasteiger partial charge in [-0.05, 0) is 62.9 Å². The zero-order valence-electron chi connectivity index (χ0n) is 6.60. The topological polar surface area (TPSA) is 35.2 Å². The number of methoxy groups -OCH3 is 1. The zero-order chi connectivity index (χ0) is 9.14. The van der Waals surface area contributed by atoms with E-state index in [1.807, 2.05) is 6.07 Å². The number of rotatable bonds is 2. The maximum atomic E-state index is 5.53. The average Bonchev–Trinajstić information content (AvgIpc) is 2.09. The molecule has 0 bridgehead atoms. The Labute approximate surface area is 99.1 Å². The molecular formula is C8H9I2NO. The van der Waals surface area contributed by atoms with Crippen LogP contribution in [0.3, 0.4) is 0 Å². The third kappa shape index (κ3) is 2.23. The van der Waals surface area contributed by atoms with Gasteiger partial charge >= 0.3 is 0 Å². The summed E-state index contributed by atoms with van der Waals surface area (Å²) in [4.78, 5) is 0. The van der Waals surface area contributed by atoms with Crippen molar-refractivity contribution in [3.8, 4) is 5.75 Å². The quantitative estimate of drug-likeness (QED) is 0.789. The summed E-state index contributed by atoms with van der Waals surface area (Å²) in [7, 11) is 1.67. The van der Waals surface area contributed by atoms with E-state index in [-0.39, 0.29) is 0 Å². The fraction of sp³-hybridized carbons (Fsp3) is 0.250. The molecule has 0 fully saturated rings. The van der Waals surface area contributed by atoms with Gasteiger partial charge in [-0.3, -0.25) is 0 Å². The first kappa shape index (κ1) is 10.5. The van der Waals surface area contributed by atoms with E-state index < -0.39 is 0 Å². The summed E-state index contributed by atoms with van der Waals surface area (Å²) in [6, 6.07) is 4.05. The minimum absolute atomic E-state index is 0.559. The van der Waals surface area contributed by atoms with Crippen LogP contribution in [0.1, 0.15) is 5.56 Å². The Bertz CT molecular complexity index is 289. The van der Waals surface area contributed by atoms with E-state index in [2.05, 4.69) is 51.2 Å². The molecule has 4 heteroatoms. The molecule has 0 saturated carbocycles. The van der Waals surface area contributed by atoms with Crippen molar-refractivity contribution in [2.24, 2.45) is 5.73 Å². The van der Waals surface area contributed by atoms with Gasteiger partial charge in [-0.1, -0.05) is 0 Å². The maximum absolute atomic E-state index is 5.53. The van der Waals surface area contributed by atoms with Crippen LogP contribution in [0, 0.1) is 7.14 Å². The lowest BCUT2D eigenvalue weighted by Crippen LogP contribution is -1.99. The van der Waals surface area contributed by atoms with E-state index in [9.17, 15) is 0 Å². The minimum Gasteiger partial charge on any atom is -0.496 e. The van der Waals surface area contributed by atoms with Gasteiger partial charge in [0.15, 0.2) is 0 Å². The summed E-state index contributed by atoms with van der Waals surface area (Å²) in [6.07, 6.45) is 0. The Morgan fingerprint density at radius 2 is 2.08 bits per heavy atom. The molecule has 1 rings (SSSR count). The van der Waals surface area contributed by atoms with Gasteiger partial charge < -0.3 is 10.5 Å². The van der Waals surface area contributed by atoms with Crippen LogP contribution in [-0.4, -0.2) is 7.11 Å². The summed E-state index contributed by atoms with van der Waals surface area (Å²) in [5.41, 5.74) is 6.64. The van der Waals surface area contributed by atoms with E-state index in [4.69, 9.17) is 10.5 Å². The van der Waals surface area contributed by atoms with Gasteiger partial charge in [0.2, 0.25) is 0 Å². The second-order valence-electron chi connectivity index (χ2n) is 2.30. The van der Waals surface area contributed by atoms with Crippen molar-refractivity contribution in [2.75, 3.05) is 7.11 Å². The molecule has 0 unspecified atom stereocenters. The molecule has 0 spiro atoms. The highest BCUT2D eigenvalue weighted by atomic mass is 127. The fourth-order valence-electron chi connectivity index (χ4n) is 0.884. The highest BCUT2D eigenvalue weighted by Gasteiger charge is 2.05. The maximum Gasteiger partial charge on any atom is 0.133 e. The predicted molar refractivity (Wildman–Crippen MR) is 66.3 cm³/mol. The smallest absolute Gasteiger partial charge is 0.133 e. The van der Waals surface area contributed by atoms with Crippen molar-refractivity contribution in [2.45, 2.75) is 6.54 Å². The summed E-state index contributed by atoms with van der Waals surface area (Å²) < 4.78 is 7.53. The summed E-state index contributed by atoms with van der Waals surface area (Å²) in [5.74, 6) is 0.906. The molecule has 0 saturated heterocycles. The van der Waals surface area contributed by atoms with Gasteiger partial charge in [0.1, 0.15) is 5.75 Å². The molecule has 0 amide bonds. The molecular weight excluding hydrogens is 380 g/mol. The number of halogens is 2. The summed E-state index contributed by atoms with van der Waals surface area (Å²) >= 11 is 4.54. The van der Waals surface area contributed by atoms with Gasteiger partial charge in [-0.15, -0.1) is 0 Å². The van der Waals surface area contributed by atoms with Crippen molar-refractivity contribution >= 4 is 45.2 Å². The molecule has 0 aliphatic rings. The standard InChI is InChI=1S/C8H9I2NO/c1-12-7-3-5(4-11)2-6(9)8(7)10/h2-3H,4,11H2,1H3. The van der Waals surface area contributed by atoms with Crippen LogP contribution in [0.15, 0.2) is 12.1 Å². The van der Waals surface area contributed by atoms with Crippen LogP contribution in [0.5, 0.6) is 5.75 Å². The van der Waals surface area contributed by atoms with Crippen LogP contribution in [-0.2, 0) is 6.54 Å². The summed E-state index contributed by atoms with van der Waals surface area (Å²) in [6.45, 7) is 0.559. The Balaban J connectivity index is 3.19. The van der Waals surface area contributed by atoms with Crippen LogP contribution in [0.4, 0.5) is 0 Å². The number of hydrogen-bond donors (Lipinski definition) is 1. The van der Waals surface area contributed by atoms with Gasteiger partial charge in [-0.2, -0.15) is 0 Å². The van der Waals surface area contributed by atoms with Gasteiger partial charge in [-0.25, -0.2) is 0 Å². The number of nitrogens with two attached hydrogens (primary N) is 1. The number of ether oxygens (including phenoxy) is 1. The van der Waals surface area contributed by atoms with Crippen molar-refractivity contribution < 1.29 is 4.74 Å². The molecule has 0 heterocycles. The van der Waals surface area contributed by atoms with Gasteiger partial charge in [0, 0.05) is 10.1 Å². The second-order valence-corrected chi connectivity index (χ2v) is 4.54. The Hall–Kier alpha value is 0.440. The lowest BCUT2D eigenvalue weighted by molar-refractivity contribution is 0.411. The Morgan fingerprint density at radius 1 is 1.42 bits per heavy atom. The predicted octanol–water partition coefficient (Wildman–Crippen LogP) is 2.36. The molecule has 0 aliphatic carbocycles. The largest absolute Gasteiger partial charge is 0.496 e. The SMILES string of the molecule is COc1cc(CN)cc(I)c1I. The van der Waals surface area contributed by atoms with E-state index >= 15 is 0 Å². The lowest BCUT2D eigenvalue weighted by Gasteiger charge is -2.07. The molecule has 0 radical (unpaired) electrons. The minimum atomic E-state index is 0.559.